The average molecular weight is 460 g/mol. The Bertz CT molecular complexity index is 942. The van der Waals surface area contributed by atoms with Gasteiger partial charge in [0.1, 0.15) is 0 Å². The monoisotopic (exact) mass is 459 g/mol. The third kappa shape index (κ3) is 5.37. The minimum atomic E-state index is 0.00918. The van der Waals surface area contributed by atoms with Gasteiger partial charge >= 0.3 is 0 Å². The Balaban J connectivity index is 1.67. The molecule has 0 saturated heterocycles. The van der Waals surface area contributed by atoms with Crippen LogP contribution in [-0.4, -0.2) is 59.9 Å². The molecule has 8 heteroatoms. The molecule has 0 radical (unpaired) electrons. The second-order valence-corrected chi connectivity index (χ2v) is 9.06. The Morgan fingerprint density at radius 2 is 1.82 bits per heavy atom. The Morgan fingerprint density at radius 1 is 1.07 bits per heavy atom. The Hall–Kier alpha value is -2.29. The van der Waals surface area contributed by atoms with Crippen LogP contribution < -0.4 is 5.32 Å². The zero-order chi connectivity index (χ0) is 20.1. The predicted octanol–water partition coefficient (Wildman–Crippen LogP) is 4.34. The lowest BCUT2D eigenvalue weighted by atomic mass is 10.2. The molecule has 0 fully saturated rings. The number of benzene rings is 1. The summed E-state index contributed by atoms with van der Waals surface area (Å²) in [7, 11) is 5.81. The summed E-state index contributed by atoms with van der Waals surface area (Å²) in [4.78, 5) is 26.2. The van der Waals surface area contributed by atoms with Gasteiger partial charge in [-0.2, -0.15) is 0 Å². The van der Waals surface area contributed by atoms with Crippen molar-refractivity contribution < 1.29 is 4.79 Å². The average Bonchev–Trinajstić information content (AvgIpc) is 3.13. The first-order valence-electron chi connectivity index (χ1n) is 8.78. The Kier molecular flexibility index (Phi) is 6.77. The van der Waals surface area contributed by atoms with Gasteiger partial charge in [0.2, 0.25) is 5.95 Å². The standard InChI is InChI=1S/C20H22BrN5OS/c1-25(2)12-13-26(3)19(27)14-4-6-15(7-5-14)23-20-22-11-10-16(24-20)17-8-9-18(21)28-17/h4-11H,12-13H2,1-3H3,(H,22,23,24). The molecule has 1 aromatic carbocycles. The van der Waals surface area contributed by atoms with Crippen molar-refractivity contribution in [2.75, 3.05) is 39.5 Å². The maximum Gasteiger partial charge on any atom is 0.253 e. The van der Waals surface area contributed by atoms with Crippen molar-refractivity contribution in [1.82, 2.24) is 19.8 Å². The molecule has 28 heavy (non-hydrogen) atoms. The van der Waals surface area contributed by atoms with E-state index in [1.165, 1.54) is 0 Å². The number of carbonyl (C=O) groups excluding carboxylic acids is 1. The van der Waals surface area contributed by atoms with Gasteiger partial charge in [-0.3, -0.25) is 4.79 Å². The highest BCUT2D eigenvalue weighted by atomic mass is 79.9. The summed E-state index contributed by atoms with van der Waals surface area (Å²) in [6, 6.07) is 13.3. The maximum atomic E-state index is 12.5. The number of hydrogen-bond acceptors (Lipinski definition) is 6. The second kappa shape index (κ2) is 9.27. The smallest absolute Gasteiger partial charge is 0.253 e. The largest absolute Gasteiger partial charge is 0.340 e. The second-order valence-electron chi connectivity index (χ2n) is 6.60. The molecule has 0 bridgehead atoms. The van der Waals surface area contributed by atoms with Gasteiger partial charge in [-0.15, -0.1) is 11.3 Å². The Morgan fingerprint density at radius 3 is 2.46 bits per heavy atom. The van der Waals surface area contributed by atoms with E-state index in [9.17, 15) is 4.79 Å². The summed E-state index contributed by atoms with van der Waals surface area (Å²) in [5.41, 5.74) is 2.35. The number of aromatic nitrogens is 2. The van der Waals surface area contributed by atoms with E-state index in [1.54, 1.807) is 22.4 Å². The number of nitrogens with zero attached hydrogens (tertiary/aromatic N) is 4. The van der Waals surface area contributed by atoms with Crippen LogP contribution in [0.15, 0.2) is 52.4 Å². The van der Waals surface area contributed by atoms with Crippen LogP contribution in [0, 0.1) is 0 Å². The molecular formula is C20H22BrN5OS. The Labute approximate surface area is 177 Å². The number of hydrogen-bond donors (Lipinski definition) is 1. The lowest BCUT2D eigenvalue weighted by molar-refractivity contribution is 0.0786. The zero-order valence-corrected chi connectivity index (χ0v) is 18.4. The molecule has 0 spiro atoms. The molecule has 2 heterocycles. The van der Waals surface area contributed by atoms with Crippen LogP contribution in [0.25, 0.3) is 10.6 Å². The van der Waals surface area contributed by atoms with E-state index in [-0.39, 0.29) is 5.91 Å². The summed E-state index contributed by atoms with van der Waals surface area (Å²) in [6.45, 7) is 1.52. The molecule has 0 unspecified atom stereocenters. The highest BCUT2D eigenvalue weighted by Crippen LogP contribution is 2.30. The van der Waals surface area contributed by atoms with Gasteiger partial charge in [0.25, 0.3) is 5.91 Å². The molecule has 1 amide bonds. The van der Waals surface area contributed by atoms with Crippen LogP contribution in [-0.2, 0) is 0 Å². The first kappa shape index (κ1) is 20.4. The van der Waals surface area contributed by atoms with Crippen molar-refractivity contribution in [2.45, 2.75) is 0 Å². The minimum Gasteiger partial charge on any atom is -0.340 e. The number of thiophene rings is 1. The van der Waals surface area contributed by atoms with Crippen molar-refractivity contribution in [3.05, 3.63) is 58.0 Å². The van der Waals surface area contributed by atoms with E-state index in [2.05, 4.69) is 36.1 Å². The van der Waals surface area contributed by atoms with Crippen LogP contribution in [0.5, 0.6) is 0 Å². The maximum absolute atomic E-state index is 12.5. The van der Waals surface area contributed by atoms with Crippen LogP contribution in [0.2, 0.25) is 0 Å². The third-order valence-corrected chi connectivity index (χ3v) is 5.74. The van der Waals surface area contributed by atoms with E-state index in [0.717, 1.165) is 26.6 Å². The first-order valence-corrected chi connectivity index (χ1v) is 10.4. The molecule has 0 saturated carbocycles. The summed E-state index contributed by atoms with van der Waals surface area (Å²) >= 11 is 5.10. The quantitative estimate of drug-likeness (QED) is 0.568. The fourth-order valence-electron chi connectivity index (χ4n) is 2.51. The van der Waals surface area contributed by atoms with Crippen LogP contribution in [0.3, 0.4) is 0 Å². The van der Waals surface area contributed by atoms with Crippen LogP contribution in [0.1, 0.15) is 10.4 Å². The predicted molar refractivity (Wildman–Crippen MR) is 118 cm³/mol. The van der Waals surface area contributed by atoms with Crippen molar-refractivity contribution >= 4 is 44.8 Å². The molecule has 6 nitrogen and oxygen atoms in total. The van der Waals surface area contributed by atoms with Crippen molar-refractivity contribution in [2.24, 2.45) is 0 Å². The molecule has 0 aliphatic carbocycles. The molecule has 0 aliphatic heterocycles. The first-order chi connectivity index (χ1) is 13.4. The summed E-state index contributed by atoms with van der Waals surface area (Å²) in [5.74, 6) is 0.527. The van der Waals surface area contributed by atoms with E-state index in [4.69, 9.17) is 0 Å². The molecule has 3 rings (SSSR count). The molecule has 0 atom stereocenters. The number of nitrogens with one attached hydrogen (secondary N) is 1. The van der Waals surface area contributed by atoms with E-state index < -0.39 is 0 Å². The van der Waals surface area contributed by atoms with Gasteiger partial charge in [0, 0.05) is 37.6 Å². The van der Waals surface area contributed by atoms with E-state index in [0.29, 0.717) is 18.1 Å². The fraction of sp³-hybridized carbons (Fsp3) is 0.250. The number of rotatable bonds is 7. The van der Waals surface area contributed by atoms with Gasteiger partial charge < -0.3 is 15.1 Å². The number of halogens is 1. The molecule has 3 aromatic rings. The number of amides is 1. The van der Waals surface area contributed by atoms with Crippen molar-refractivity contribution in [3.8, 4) is 10.6 Å². The highest BCUT2D eigenvalue weighted by Gasteiger charge is 2.12. The number of likely N-dealkylation sites (N-methyl/N-ethyl adjacent to an activating group) is 2. The SMILES string of the molecule is CN(C)CCN(C)C(=O)c1ccc(Nc2nccc(-c3ccc(Br)s3)n2)cc1. The van der Waals surface area contributed by atoms with Gasteiger partial charge in [-0.25, -0.2) is 9.97 Å². The molecule has 0 aliphatic rings. The zero-order valence-electron chi connectivity index (χ0n) is 16.0. The van der Waals surface area contributed by atoms with Gasteiger partial charge in [0.05, 0.1) is 14.4 Å². The van der Waals surface area contributed by atoms with Crippen molar-refractivity contribution in [3.63, 3.8) is 0 Å². The van der Waals surface area contributed by atoms with Crippen molar-refractivity contribution in [1.29, 1.82) is 0 Å². The fourth-order valence-corrected chi connectivity index (χ4v) is 3.86. The van der Waals surface area contributed by atoms with Gasteiger partial charge in [0.15, 0.2) is 0 Å². The highest BCUT2D eigenvalue weighted by molar-refractivity contribution is 9.11. The summed E-state index contributed by atoms with van der Waals surface area (Å²) in [6.07, 6.45) is 1.73. The minimum absolute atomic E-state index is 0.00918. The molecule has 146 valence electrons. The van der Waals surface area contributed by atoms with Crippen LogP contribution >= 0.6 is 27.3 Å². The number of anilines is 2. The molecule has 2 aromatic heterocycles. The van der Waals surface area contributed by atoms with Gasteiger partial charge in [-0.1, -0.05) is 0 Å². The third-order valence-electron chi connectivity index (χ3n) is 4.10. The lowest BCUT2D eigenvalue weighted by Crippen LogP contribution is -2.33. The van der Waals surface area contributed by atoms with E-state index in [1.807, 2.05) is 63.6 Å². The molecule has 1 N–H and O–H groups in total. The number of carbonyl (C=O) groups is 1. The van der Waals surface area contributed by atoms with E-state index >= 15 is 0 Å². The normalized spacial score (nSPS) is 10.9. The van der Waals surface area contributed by atoms with Gasteiger partial charge in [-0.05, 0) is 72.5 Å². The summed E-state index contributed by atoms with van der Waals surface area (Å²) in [5, 5.41) is 3.20. The lowest BCUT2D eigenvalue weighted by Gasteiger charge is -2.19. The summed E-state index contributed by atoms with van der Waals surface area (Å²) < 4.78 is 1.06. The topological polar surface area (TPSA) is 61.4 Å². The van der Waals surface area contributed by atoms with Crippen LogP contribution in [0.4, 0.5) is 11.6 Å². The molecular weight excluding hydrogens is 438 g/mol.